The summed E-state index contributed by atoms with van der Waals surface area (Å²) in [6.45, 7) is 10.9. The number of benzene rings is 2. The molecule has 0 N–H and O–H groups in total. The Morgan fingerprint density at radius 2 is 1.21 bits per heavy atom. The third-order valence-electron chi connectivity index (χ3n) is 7.21. The van der Waals surface area contributed by atoms with Crippen LogP contribution in [0.1, 0.15) is 75.1 Å². The van der Waals surface area contributed by atoms with E-state index in [1.165, 1.54) is 39.0 Å². The Hall–Kier alpha value is -0.194. The summed E-state index contributed by atoms with van der Waals surface area (Å²) in [4.78, 5) is 0. The van der Waals surface area contributed by atoms with Crippen LogP contribution in [0.25, 0.3) is 12.2 Å². The summed E-state index contributed by atoms with van der Waals surface area (Å²) >= 11 is -0.826. The van der Waals surface area contributed by atoms with Crippen LogP contribution in [0, 0.1) is 39.8 Å². The van der Waals surface area contributed by atoms with Crippen molar-refractivity contribution in [3.8, 4) is 0 Å². The molecule has 1 radical (unpaired) electrons. The topological polar surface area (TPSA) is 0 Å². The maximum atomic E-state index is 4.93. The van der Waals surface area contributed by atoms with Crippen LogP contribution in [0.5, 0.6) is 0 Å². The first-order valence-corrected chi connectivity index (χ1v) is 18.7. The van der Waals surface area contributed by atoms with Gasteiger partial charge in [0.2, 0.25) is 0 Å². The minimum Gasteiger partial charge on any atom is 3.00 e. The molecular formula is C36H43Cl4Zr2-4. The molecule has 42 heavy (non-hydrogen) atoms. The smallest absolute Gasteiger partial charge is 3.00 e. The second kappa shape index (κ2) is 24.1. The fourth-order valence-electron chi connectivity index (χ4n) is 4.93. The average Bonchev–Trinajstić information content (AvgIpc) is 3.67. The van der Waals surface area contributed by atoms with Gasteiger partial charge in [-0.05, 0) is 22.3 Å². The van der Waals surface area contributed by atoms with E-state index < -0.39 is 20.8 Å². The van der Waals surface area contributed by atoms with Gasteiger partial charge in [0.05, 0.1) is 0 Å². The number of hydrogen-bond acceptors (Lipinski definition) is 0. The van der Waals surface area contributed by atoms with Gasteiger partial charge >= 0.3 is 64.1 Å². The van der Waals surface area contributed by atoms with Gasteiger partial charge in [0.25, 0.3) is 0 Å². The standard InChI is InChI=1S/C18H14.C10H15.C5H5.3CH3.4ClH.2Zr/c1-3-7-15-13(5-1)9-11-17(15)18-12-10-14-6-2-4-8-16(14)18;1-7-6-10(4,5)9(3)8(7)2;1-2-4-5-3-1;;;;;;;;;/h1-12,17-18H;1-5H3;1-3H,4H2;3*1H3;4*1H;;/q;5*-1;;;;;+2;+3/p-4. The van der Waals surface area contributed by atoms with Crippen molar-refractivity contribution in [3.05, 3.63) is 152 Å². The van der Waals surface area contributed by atoms with Crippen LogP contribution in [0.15, 0.2) is 95.6 Å². The van der Waals surface area contributed by atoms with Crippen molar-refractivity contribution in [2.45, 2.75) is 52.9 Å². The molecule has 4 aliphatic carbocycles. The van der Waals surface area contributed by atoms with Gasteiger partial charge in [-0.3, -0.25) is 12.2 Å². The molecule has 6 heteroatoms. The Labute approximate surface area is 308 Å². The second-order valence-electron chi connectivity index (χ2n) is 9.73. The monoisotopic (exact) mass is 795 g/mol. The minimum atomic E-state index is -0.826. The molecular weight excluding hydrogens is 757 g/mol. The van der Waals surface area contributed by atoms with E-state index in [0.717, 1.165) is 6.42 Å². The van der Waals surface area contributed by atoms with Crippen LogP contribution >= 0.6 is 17.0 Å². The summed E-state index contributed by atoms with van der Waals surface area (Å²) in [6, 6.07) is 17.4. The molecule has 0 aliphatic heterocycles. The Balaban J connectivity index is -0.000000261. The van der Waals surface area contributed by atoms with Crippen molar-refractivity contribution in [2.24, 2.45) is 5.41 Å². The fraction of sp³-hybridized carbons (Fsp3) is 0.250. The number of halogens is 4. The van der Waals surface area contributed by atoms with Gasteiger partial charge in [0, 0.05) is 11.8 Å². The summed E-state index contributed by atoms with van der Waals surface area (Å²) in [7, 11) is 9.87. The average molecular weight is 800 g/mol. The third-order valence-corrected chi connectivity index (χ3v) is 7.21. The predicted octanol–water partition coefficient (Wildman–Crippen LogP) is 5.76. The molecule has 0 aromatic heterocycles. The molecule has 0 nitrogen and oxygen atoms in total. The van der Waals surface area contributed by atoms with Crippen LogP contribution in [-0.4, -0.2) is 0 Å². The molecule has 0 saturated heterocycles. The summed E-state index contributed by atoms with van der Waals surface area (Å²) in [5.41, 5.74) is 10.1. The van der Waals surface area contributed by atoms with Crippen molar-refractivity contribution >= 4 is 29.2 Å². The summed E-state index contributed by atoms with van der Waals surface area (Å²) in [6.07, 6.45) is 22.7. The van der Waals surface area contributed by atoms with Crippen LogP contribution in [0.2, 0.25) is 0 Å². The molecule has 4 aliphatic rings. The van der Waals surface area contributed by atoms with E-state index in [4.69, 9.17) is 17.0 Å². The van der Waals surface area contributed by atoms with Crippen molar-refractivity contribution < 1.29 is 71.9 Å². The molecule has 2 aromatic carbocycles. The van der Waals surface area contributed by atoms with Gasteiger partial charge in [-0.15, -0.1) is 13.3 Å². The van der Waals surface area contributed by atoms with Gasteiger partial charge in [-0.1, -0.05) is 106 Å². The molecule has 6 rings (SSSR count). The molecule has 0 fully saturated rings. The molecule has 2 atom stereocenters. The van der Waals surface area contributed by atoms with Crippen LogP contribution < -0.4 is 24.8 Å². The van der Waals surface area contributed by atoms with Gasteiger partial charge < -0.3 is 47.1 Å². The normalized spacial score (nSPS) is 17.9. The van der Waals surface area contributed by atoms with Gasteiger partial charge in [0.15, 0.2) is 0 Å². The maximum Gasteiger partial charge on any atom is 3.00 e. The van der Waals surface area contributed by atoms with E-state index >= 15 is 0 Å². The van der Waals surface area contributed by atoms with Crippen molar-refractivity contribution in [2.75, 3.05) is 0 Å². The van der Waals surface area contributed by atoms with E-state index in [9.17, 15) is 0 Å². The Morgan fingerprint density at radius 3 is 1.48 bits per heavy atom. The molecule has 2 unspecified atom stereocenters. The van der Waals surface area contributed by atoms with Crippen molar-refractivity contribution in [1.82, 2.24) is 0 Å². The SMILES string of the molecule is C1=CC(C2C=Cc3ccccc32)c2ccccc21.CC1=[C-]C(C)(C)C(C)=C1C.[C-]1=CC=CC1.[CH3-].[CH3-].[CH3-].[Cl-].[Cl-].[Cl][Zr][Cl].[Zr+3]. The van der Waals surface area contributed by atoms with E-state index in [1.54, 1.807) is 0 Å². The van der Waals surface area contributed by atoms with E-state index in [-0.39, 0.29) is 78.7 Å². The zero-order valence-electron chi connectivity index (χ0n) is 26.0. The molecule has 0 heterocycles. The van der Waals surface area contributed by atoms with E-state index in [0.29, 0.717) is 11.8 Å². The van der Waals surface area contributed by atoms with Crippen molar-refractivity contribution in [3.63, 3.8) is 0 Å². The first-order chi connectivity index (χ1) is 17.3. The zero-order chi connectivity index (χ0) is 26.1. The van der Waals surface area contributed by atoms with Crippen LogP contribution in [-0.2, 0) is 47.1 Å². The predicted molar refractivity (Wildman–Crippen MR) is 174 cm³/mol. The minimum absolute atomic E-state index is 0. The van der Waals surface area contributed by atoms with Gasteiger partial charge in [0.1, 0.15) is 0 Å². The molecule has 2 aromatic rings. The van der Waals surface area contributed by atoms with Gasteiger partial charge in [-0.25, -0.2) is 17.7 Å². The molecule has 227 valence electrons. The number of allylic oxidation sites excluding steroid dienone is 10. The fourth-order valence-corrected chi connectivity index (χ4v) is 4.93. The molecule has 0 spiro atoms. The maximum absolute atomic E-state index is 4.93. The molecule has 0 amide bonds. The quantitative estimate of drug-likeness (QED) is 0.323. The first kappa shape index (κ1) is 48.7. The molecule has 0 saturated carbocycles. The Morgan fingerprint density at radius 1 is 0.786 bits per heavy atom. The second-order valence-corrected chi connectivity index (χ2v) is 13.5. The zero-order valence-corrected chi connectivity index (χ0v) is 34.0. The number of fused-ring (bicyclic) bond motifs is 2. The number of rotatable bonds is 1. The van der Waals surface area contributed by atoms with E-state index in [2.05, 4.69) is 126 Å². The Bertz CT molecular complexity index is 1170. The van der Waals surface area contributed by atoms with E-state index in [1.807, 2.05) is 12.2 Å². The summed E-state index contributed by atoms with van der Waals surface area (Å²) in [5, 5.41) is 0. The number of hydrogen-bond donors (Lipinski definition) is 0. The summed E-state index contributed by atoms with van der Waals surface area (Å²) in [5.74, 6) is 1.00. The Kier molecular flexibility index (Phi) is 27.9. The third kappa shape index (κ3) is 13.0. The van der Waals surface area contributed by atoms with Crippen molar-refractivity contribution in [1.29, 1.82) is 0 Å². The van der Waals surface area contributed by atoms with Crippen LogP contribution in [0.4, 0.5) is 0 Å². The summed E-state index contributed by atoms with van der Waals surface area (Å²) < 4.78 is 0. The molecule has 0 bridgehead atoms. The van der Waals surface area contributed by atoms with Gasteiger partial charge in [-0.2, -0.15) is 17.2 Å². The largest absolute Gasteiger partial charge is 3.00 e. The first-order valence-electron chi connectivity index (χ1n) is 12.3. The van der Waals surface area contributed by atoms with Crippen LogP contribution in [0.3, 0.4) is 0 Å².